The molecule has 0 aromatic heterocycles. The summed E-state index contributed by atoms with van der Waals surface area (Å²) in [5, 5.41) is 11.5. The van der Waals surface area contributed by atoms with Crippen molar-refractivity contribution in [3.63, 3.8) is 0 Å². The molecule has 1 spiro atoms. The highest BCUT2D eigenvalue weighted by molar-refractivity contribution is 5.85. The van der Waals surface area contributed by atoms with Crippen LogP contribution in [0, 0.1) is 11.6 Å². The van der Waals surface area contributed by atoms with E-state index in [1.807, 2.05) is 30.3 Å². The first-order valence-electron chi connectivity index (χ1n) is 13.3. The van der Waals surface area contributed by atoms with E-state index in [0.717, 1.165) is 36.1 Å². The number of rotatable bonds is 8. The molecule has 1 unspecified atom stereocenters. The van der Waals surface area contributed by atoms with E-state index < -0.39 is 17.4 Å². The first-order valence-corrected chi connectivity index (χ1v) is 13.3. The Bertz CT molecular complexity index is 1190. The molecule has 2 aliphatic rings. The first-order chi connectivity index (χ1) is 18.3. The normalized spacial score (nSPS) is 20.7. The van der Waals surface area contributed by atoms with Crippen molar-refractivity contribution in [2.24, 2.45) is 0 Å². The van der Waals surface area contributed by atoms with Gasteiger partial charge in [-0.25, -0.2) is 13.6 Å². The Morgan fingerprint density at radius 1 is 0.897 bits per heavy atom. The molecule has 0 aliphatic carbocycles. The Labute approximate surface area is 234 Å². The van der Waals surface area contributed by atoms with Gasteiger partial charge in [0.05, 0.1) is 6.54 Å². The monoisotopic (exact) mass is 556 g/mol. The second-order valence-corrected chi connectivity index (χ2v) is 10.6. The number of benzene rings is 3. The van der Waals surface area contributed by atoms with Crippen LogP contribution in [0.1, 0.15) is 55.2 Å². The summed E-state index contributed by atoms with van der Waals surface area (Å²) < 4.78 is 32.9. The molecule has 2 fully saturated rings. The molecule has 1 N–H and O–H groups in total. The number of ether oxygens (including phenoxy) is 1. The molecule has 0 bridgehead atoms. The summed E-state index contributed by atoms with van der Waals surface area (Å²) in [6.07, 6.45) is 2.35. The number of hydrogen-bond donors (Lipinski definition) is 1. The van der Waals surface area contributed by atoms with E-state index in [1.54, 1.807) is 31.2 Å². The smallest absolute Gasteiger partial charge is 0.413 e. The van der Waals surface area contributed by atoms with E-state index in [0.29, 0.717) is 32.5 Å². The third kappa shape index (κ3) is 6.11. The minimum atomic E-state index is -1.40. The predicted octanol–water partition coefficient (Wildman–Crippen LogP) is 6.49. The van der Waals surface area contributed by atoms with Crippen LogP contribution >= 0.6 is 12.4 Å². The molecular formula is C31H35ClF2N2O3. The maximum absolute atomic E-state index is 13.5. The molecule has 3 aromatic rings. The lowest BCUT2D eigenvalue weighted by Crippen LogP contribution is -2.60. The van der Waals surface area contributed by atoms with Crippen molar-refractivity contribution in [3.8, 4) is 0 Å². The highest BCUT2D eigenvalue weighted by Crippen LogP contribution is 2.45. The van der Waals surface area contributed by atoms with E-state index in [4.69, 9.17) is 4.74 Å². The van der Waals surface area contributed by atoms with Crippen molar-refractivity contribution in [1.82, 2.24) is 9.80 Å². The van der Waals surface area contributed by atoms with Crippen LogP contribution in [-0.4, -0.2) is 52.0 Å². The summed E-state index contributed by atoms with van der Waals surface area (Å²) in [5.74, 6) is -0.519. The van der Waals surface area contributed by atoms with E-state index in [9.17, 15) is 18.7 Å². The first kappa shape index (κ1) is 29.0. The van der Waals surface area contributed by atoms with E-state index in [1.165, 1.54) is 29.2 Å². The molecular weight excluding hydrogens is 522 g/mol. The Hall–Kier alpha value is -3.00. The van der Waals surface area contributed by atoms with Gasteiger partial charge in [-0.1, -0.05) is 54.6 Å². The largest absolute Gasteiger partial charge is 0.437 e. The van der Waals surface area contributed by atoms with Crippen molar-refractivity contribution in [2.45, 2.75) is 56.4 Å². The predicted molar refractivity (Wildman–Crippen MR) is 149 cm³/mol. The maximum atomic E-state index is 13.5. The molecule has 1 atom stereocenters. The number of amides is 1. The zero-order valence-corrected chi connectivity index (χ0v) is 22.9. The summed E-state index contributed by atoms with van der Waals surface area (Å²) in [6.45, 7) is 4.25. The molecule has 5 nitrogen and oxygen atoms in total. The molecule has 208 valence electrons. The number of hydrogen-bond acceptors (Lipinski definition) is 4. The fourth-order valence-electron chi connectivity index (χ4n) is 5.88. The van der Waals surface area contributed by atoms with Gasteiger partial charge in [0.1, 0.15) is 11.6 Å². The Balaban J connectivity index is 0.00000353. The third-order valence-electron chi connectivity index (χ3n) is 8.25. The molecule has 0 saturated carbocycles. The standard InChI is InChI=1S/C31H34F2N2O3.ClH/c1-30(37)31(38-29(36)35(30)22-23-6-3-2-4-7-23)17-20-34(21-18-31)19-5-8-28(24-9-13-26(32)14-10-24)25-11-15-27(33)16-12-25;/h2-4,6-7,9-16,28,37H,5,8,17-22H2,1H3;1H. The van der Waals surface area contributed by atoms with E-state index in [2.05, 4.69) is 4.90 Å². The van der Waals surface area contributed by atoms with Gasteiger partial charge in [-0.05, 0) is 67.3 Å². The molecule has 39 heavy (non-hydrogen) atoms. The minimum Gasteiger partial charge on any atom is -0.437 e. The average Bonchev–Trinajstić information content (AvgIpc) is 3.09. The summed E-state index contributed by atoms with van der Waals surface area (Å²) in [4.78, 5) is 16.6. The van der Waals surface area contributed by atoms with E-state index in [-0.39, 0.29) is 30.0 Å². The molecule has 2 heterocycles. The highest BCUT2D eigenvalue weighted by atomic mass is 35.5. The lowest BCUT2D eigenvalue weighted by molar-refractivity contribution is -0.166. The van der Waals surface area contributed by atoms with Crippen molar-refractivity contribution in [3.05, 3.63) is 107 Å². The Kier molecular flexibility index (Phi) is 8.94. The average molecular weight is 557 g/mol. The van der Waals surface area contributed by atoms with Crippen LogP contribution in [0.25, 0.3) is 0 Å². The summed E-state index contributed by atoms with van der Waals surface area (Å²) in [7, 11) is 0. The van der Waals surface area contributed by atoms with Gasteiger partial charge >= 0.3 is 6.09 Å². The van der Waals surface area contributed by atoms with Crippen LogP contribution in [0.4, 0.5) is 13.6 Å². The summed E-state index contributed by atoms with van der Waals surface area (Å²) in [6, 6.07) is 22.7. The van der Waals surface area contributed by atoms with Gasteiger partial charge in [0.15, 0.2) is 11.3 Å². The number of carbonyl (C=O) groups excluding carboxylic acids is 1. The van der Waals surface area contributed by atoms with Crippen molar-refractivity contribution < 1.29 is 23.4 Å². The fraction of sp³-hybridized carbons (Fsp3) is 0.387. The van der Waals surface area contributed by atoms with E-state index >= 15 is 0 Å². The van der Waals surface area contributed by atoms with Crippen LogP contribution in [0.2, 0.25) is 0 Å². The SMILES string of the molecule is CC1(O)N(Cc2ccccc2)C(=O)OC12CCN(CCCC(c1ccc(F)cc1)c1ccc(F)cc1)CC2.Cl. The topological polar surface area (TPSA) is 53.0 Å². The number of nitrogens with zero attached hydrogens (tertiary/aromatic N) is 2. The third-order valence-corrected chi connectivity index (χ3v) is 8.25. The van der Waals surface area contributed by atoms with Gasteiger partial charge in [-0.15, -0.1) is 12.4 Å². The lowest BCUT2D eigenvalue weighted by atomic mass is 9.81. The second-order valence-electron chi connectivity index (χ2n) is 10.6. The fourth-order valence-corrected chi connectivity index (χ4v) is 5.88. The quantitative estimate of drug-likeness (QED) is 0.344. The Morgan fingerprint density at radius 3 is 1.97 bits per heavy atom. The van der Waals surface area contributed by atoms with Crippen molar-refractivity contribution in [1.29, 1.82) is 0 Å². The number of aliphatic hydroxyl groups is 1. The lowest BCUT2D eigenvalue weighted by Gasteiger charge is -2.45. The molecule has 2 aliphatic heterocycles. The van der Waals surface area contributed by atoms with Crippen LogP contribution < -0.4 is 0 Å². The van der Waals surface area contributed by atoms with Gasteiger partial charge in [-0.3, -0.25) is 4.90 Å². The Morgan fingerprint density at radius 2 is 1.44 bits per heavy atom. The van der Waals surface area contributed by atoms with Crippen LogP contribution in [0.15, 0.2) is 78.9 Å². The molecule has 5 rings (SSSR count). The van der Waals surface area contributed by atoms with Crippen LogP contribution in [0.3, 0.4) is 0 Å². The molecule has 0 radical (unpaired) electrons. The number of carbonyl (C=O) groups is 1. The van der Waals surface area contributed by atoms with Gasteiger partial charge < -0.3 is 14.7 Å². The van der Waals surface area contributed by atoms with Crippen LogP contribution in [0.5, 0.6) is 0 Å². The molecule has 3 aromatic carbocycles. The number of likely N-dealkylation sites (tertiary alicyclic amines) is 1. The van der Waals surface area contributed by atoms with Gasteiger partial charge in [0, 0.05) is 31.8 Å². The number of piperidine rings is 1. The summed E-state index contributed by atoms with van der Waals surface area (Å²) >= 11 is 0. The highest BCUT2D eigenvalue weighted by Gasteiger charge is 2.62. The van der Waals surface area contributed by atoms with Gasteiger partial charge in [0.2, 0.25) is 0 Å². The summed E-state index contributed by atoms with van der Waals surface area (Å²) in [5.41, 5.74) is 0.615. The minimum absolute atomic E-state index is 0. The van der Waals surface area contributed by atoms with Crippen molar-refractivity contribution >= 4 is 18.5 Å². The molecule has 8 heteroatoms. The zero-order valence-electron chi connectivity index (χ0n) is 22.1. The number of halogens is 3. The van der Waals surface area contributed by atoms with Gasteiger partial charge in [-0.2, -0.15) is 0 Å². The molecule has 1 amide bonds. The zero-order chi connectivity index (χ0) is 26.8. The van der Waals surface area contributed by atoms with Gasteiger partial charge in [0.25, 0.3) is 0 Å². The second kappa shape index (κ2) is 12.0. The molecule has 2 saturated heterocycles. The van der Waals surface area contributed by atoms with Crippen LogP contribution in [-0.2, 0) is 11.3 Å². The maximum Gasteiger partial charge on any atom is 0.413 e. The van der Waals surface area contributed by atoms with Crippen molar-refractivity contribution in [2.75, 3.05) is 19.6 Å².